The lowest BCUT2D eigenvalue weighted by Crippen LogP contribution is -2.32. The van der Waals surface area contributed by atoms with E-state index in [0.29, 0.717) is 5.56 Å². The van der Waals surface area contributed by atoms with Crippen molar-refractivity contribution in [3.05, 3.63) is 32.6 Å². The Morgan fingerprint density at radius 1 is 1.54 bits per heavy atom. The maximum Gasteiger partial charge on any atom is 0.328 e. The molecule has 1 heterocycles. The number of H-pyrrole nitrogens is 1. The largest absolute Gasteiger partial charge is 0.328 e. The van der Waals surface area contributed by atoms with Crippen LogP contribution in [0.3, 0.4) is 0 Å². The molecule has 4 nitrogen and oxygen atoms in total. The van der Waals surface area contributed by atoms with Crippen LogP contribution < -0.4 is 11.2 Å². The molecule has 0 saturated heterocycles. The predicted molar refractivity (Wildman–Crippen MR) is 51.1 cm³/mol. The number of aromatic nitrogens is 2. The summed E-state index contributed by atoms with van der Waals surface area (Å²) in [5.41, 5.74) is -0.0607. The summed E-state index contributed by atoms with van der Waals surface area (Å²) in [6.07, 6.45) is 2.47. The molecule has 0 amide bonds. The van der Waals surface area contributed by atoms with E-state index in [1.807, 2.05) is 13.8 Å². The minimum absolute atomic E-state index is 0.128. The van der Waals surface area contributed by atoms with Crippen molar-refractivity contribution in [2.75, 3.05) is 0 Å². The van der Waals surface area contributed by atoms with Crippen molar-refractivity contribution in [2.45, 2.75) is 33.2 Å². The Bertz CT molecular complexity index is 403. The molecule has 72 valence electrons. The van der Waals surface area contributed by atoms with Crippen molar-refractivity contribution >= 4 is 0 Å². The first-order valence-electron chi connectivity index (χ1n) is 4.38. The average Bonchev–Trinajstić information content (AvgIpc) is 2.10. The second-order valence-corrected chi connectivity index (χ2v) is 3.24. The van der Waals surface area contributed by atoms with Crippen LogP contribution in [0, 0.1) is 6.92 Å². The van der Waals surface area contributed by atoms with Gasteiger partial charge in [0.1, 0.15) is 0 Å². The third-order valence-corrected chi connectivity index (χ3v) is 2.21. The Balaban J connectivity index is 3.32. The molecule has 0 radical (unpaired) electrons. The second-order valence-electron chi connectivity index (χ2n) is 3.24. The Labute approximate surface area is 76.2 Å². The summed E-state index contributed by atoms with van der Waals surface area (Å²) in [7, 11) is 0. The lowest BCUT2D eigenvalue weighted by Gasteiger charge is -2.11. The third kappa shape index (κ3) is 1.88. The summed E-state index contributed by atoms with van der Waals surface area (Å²) in [5, 5.41) is 0. The molecule has 1 unspecified atom stereocenters. The summed E-state index contributed by atoms with van der Waals surface area (Å²) in [4.78, 5) is 24.6. The summed E-state index contributed by atoms with van der Waals surface area (Å²) in [5.74, 6) is 0. The van der Waals surface area contributed by atoms with Gasteiger partial charge >= 0.3 is 5.69 Å². The number of hydrogen-bond donors (Lipinski definition) is 1. The zero-order valence-electron chi connectivity index (χ0n) is 8.13. The fraction of sp³-hybridized carbons (Fsp3) is 0.556. The van der Waals surface area contributed by atoms with Crippen LogP contribution in [-0.2, 0) is 0 Å². The molecule has 0 aliphatic carbocycles. The highest BCUT2D eigenvalue weighted by Crippen LogP contribution is 2.05. The molecule has 1 atom stereocenters. The van der Waals surface area contributed by atoms with E-state index in [-0.39, 0.29) is 17.3 Å². The number of nitrogens with zero attached hydrogens (tertiary/aromatic N) is 1. The summed E-state index contributed by atoms with van der Waals surface area (Å²) in [6.45, 7) is 5.63. The Kier molecular flexibility index (Phi) is 2.70. The van der Waals surface area contributed by atoms with Crippen molar-refractivity contribution in [3.63, 3.8) is 0 Å². The van der Waals surface area contributed by atoms with E-state index in [1.165, 1.54) is 0 Å². The monoisotopic (exact) mass is 182 g/mol. The number of nitrogens with one attached hydrogen (secondary N) is 1. The van der Waals surface area contributed by atoms with Gasteiger partial charge in [0.15, 0.2) is 0 Å². The van der Waals surface area contributed by atoms with Crippen molar-refractivity contribution < 1.29 is 0 Å². The minimum atomic E-state index is -0.329. The smallest absolute Gasteiger partial charge is 0.298 e. The van der Waals surface area contributed by atoms with Crippen molar-refractivity contribution in [2.24, 2.45) is 0 Å². The van der Waals surface area contributed by atoms with E-state index in [0.717, 1.165) is 6.42 Å². The summed E-state index contributed by atoms with van der Waals surface area (Å²) in [6, 6.07) is 0.128. The van der Waals surface area contributed by atoms with Gasteiger partial charge in [0.2, 0.25) is 0 Å². The molecule has 1 aromatic rings. The van der Waals surface area contributed by atoms with E-state index < -0.39 is 0 Å². The van der Waals surface area contributed by atoms with E-state index in [2.05, 4.69) is 4.98 Å². The van der Waals surface area contributed by atoms with Crippen molar-refractivity contribution in [1.29, 1.82) is 0 Å². The molecule has 4 heteroatoms. The van der Waals surface area contributed by atoms with Gasteiger partial charge in [-0.15, -0.1) is 0 Å². The Hall–Kier alpha value is -1.32. The van der Waals surface area contributed by atoms with Crippen LogP contribution >= 0.6 is 0 Å². The van der Waals surface area contributed by atoms with Crippen LogP contribution in [0.1, 0.15) is 31.9 Å². The van der Waals surface area contributed by atoms with E-state index in [4.69, 9.17) is 0 Å². The SMILES string of the molecule is CCC(C)n1cc(C)c(=O)[nH]c1=O. The molecule has 0 fully saturated rings. The molecular weight excluding hydrogens is 168 g/mol. The van der Waals surface area contributed by atoms with Gasteiger partial charge in [-0.25, -0.2) is 4.79 Å². The van der Waals surface area contributed by atoms with Gasteiger partial charge in [0, 0.05) is 17.8 Å². The lowest BCUT2D eigenvalue weighted by atomic mass is 10.2. The van der Waals surface area contributed by atoms with Crippen LogP contribution in [0.25, 0.3) is 0 Å². The second kappa shape index (κ2) is 3.60. The highest BCUT2D eigenvalue weighted by Gasteiger charge is 2.05. The highest BCUT2D eigenvalue weighted by molar-refractivity contribution is 5.01. The topological polar surface area (TPSA) is 54.9 Å². The predicted octanol–water partition coefficient (Wildman–Crippen LogP) is 0.816. The maximum absolute atomic E-state index is 11.3. The number of hydrogen-bond acceptors (Lipinski definition) is 2. The molecule has 0 aromatic carbocycles. The third-order valence-electron chi connectivity index (χ3n) is 2.21. The van der Waals surface area contributed by atoms with Gasteiger partial charge in [-0.3, -0.25) is 14.3 Å². The van der Waals surface area contributed by atoms with Gasteiger partial charge < -0.3 is 0 Å². The number of aryl methyl sites for hydroxylation is 1. The molecule has 0 saturated carbocycles. The summed E-state index contributed by atoms with van der Waals surface area (Å²) >= 11 is 0. The molecular formula is C9H14N2O2. The first-order valence-corrected chi connectivity index (χ1v) is 4.38. The number of aromatic amines is 1. The highest BCUT2D eigenvalue weighted by atomic mass is 16.2. The Morgan fingerprint density at radius 3 is 2.69 bits per heavy atom. The molecule has 0 spiro atoms. The van der Waals surface area contributed by atoms with E-state index >= 15 is 0 Å². The molecule has 13 heavy (non-hydrogen) atoms. The van der Waals surface area contributed by atoms with Gasteiger partial charge in [-0.1, -0.05) is 6.92 Å². The molecule has 0 aliphatic heterocycles. The normalized spacial score (nSPS) is 12.8. The maximum atomic E-state index is 11.3. The summed E-state index contributed by atoms with van der Waals surface area (Å²) < 4.78 is 1.55. The van der Waals surface area contributed by atoms with Crippen LogP contribution in [0.5, 0.6) is 0 Å². The molecule has 1 rings (SSSR count). The van der Waals surface area contributed by atoms with Gasteiger partial charge in [-0.2, -0.15) is 0 Å². The van der Waals surface area contributed by atoms with Gasteiger partial charge in [-0.05, 0) is 20.3 Å². The lowest BCUT2D eigenvalue weighted by molar-refractivity contribution is 0.500. The molecule has 1 aromatic heterocycles. The van der Waals surface area contributed by atoms with Gasteiger partial charge in [0.25, 0.3) is 5.56 Å². The first kappa shape index (κ1) is 9.77. The van der Waals surface area contributed by atoms with Gasteiger partial charge in [0.05, 0.1) is 0 Å². The van der Waals surface area contributed by atoms with Crippen LogP contribution in [-0.4, -0.2) is 9.55 Å². The van der Waals surface area contributed by atoms with Crippen molar-refractivity contribution in [1.82, 2.24) is 9.55 Å². The quantitative estimate of drug-likeness (QED) is 0.736. The first-order chi connectivity index (χ1) is 6.06. The van der Waals surface area contributed by atoms with Crippen LogP contribution in [0.15, 0.2) is 15.8 Å². The fourth-order valence-corrected chi connectivity index (χ4v) is 1.11. The van der Waals surface area contributed by atoms with Crippen LogP contribution in [0.2, 0.25) is 0 Å². The molecule has 0 bridgehead atoms. The van der Waals surface area contributed by atoms with Crippen molar-refractivity contribution in [3.8, 4) is 0 Å². The van der Waals surface area contributed by atoms with Crippen LogP contribution in [0.4, 0.5) is 0 Å². The zero-order chi connectivity index (χ0) is 10.0. The number of rotatable bonds is 2. The molecule has 0 aliphatic rings. The molecule has 1 N–H and O–H groups in total. The minimum Gasteiger partial charge on any atom is -0.298 e. The Morgan fingerprint density at radius 2 is 2.15 bits per heavy atom. The fourth-order valence-electron chi connectivity index (χ4n) is 1.11. The van der Waals surface area contributed by atoms with E-state index in [9.17, 15) is 9.59 Å². The zero-order valence-corrected chi connectivity index (χ0v) is 8.13. The van der Waals surface area contributed by atoms with E-state index in [1.54, 1.807) is 17.7 Å². The standard InChI is InChI=1S/C9H14N2O2/c1-4-7(3)11-5-6(2)8(12)10-9(11)13/h5,7H,4H2,1-3H3,(H,10,12,13). The average molecular weight is 182 g/mol.